The fourth-order valence-electron chi connectivity index (χ4n) is 2.56. The van der Waals surface area contributed by atoms with Crippen molar-refractivity contribution in [2.75, 3.05) is 0 Å². The van der Waals surface area contributed by atoms with Gasteiger partial charge in [0.2, 0.25) is 0 Å². The van der Waals surface area contributed by atoms with Gasteiger partial charge < -0.3 is 10.4 Å². The highest BCUT2D eigenvalue weighted by atomic mass is 35.5. The zero-order valence-corrected chi connectivity index (χ0v) is 17.1. The van der Waals surface area contributed by atoms with E-state index in [0.29, 0.717) is 22.6 Å². The number of phenols is 1. The highest BCUT2D eigenvalue weighted by molar-refractivity contribution is 6.30. The van der Waals surface area contributed by atoms with Crippen LogP contribution >= 0.6 is 11.6 Å². The predicted octanol–water partition coefficient (Wildman–Crippen LogP) is 3.25. The second kappa shape index (κ2) is 10.4. The number of hydrogen-bond acceptors (Lipinski definition) is 6. The van der Waals surface area contributed by atoms with E-state index in [1.807, 2.05) is 13.8 Å². The van der Waals surface area contributed by atoms with Gasteiger partial charge in [-0.2, -0.15) is 5.10 Å². The number of nitrogens with zero attached hydrogens (tertiary/aromatic N) is 2. The lowest BCUT2D eigenvalue weighted by atomic mass is 10.0. The average Bonchev–Trinajstić information content (AvgIpc) is 2.68. The number of nitrogens with one attached hydrogen (secondary N) is 2. The molecule has 0 fully saturated rings. The van der Waals surface area contributed by atoms with Gasteiger partial charge >= 0.3 is 5.69 Å². The summed E-state index contributed by atoms with van der Waals surface area (Å²) in [4.78, 5) is 35.1. The minimum atomic E-state index is -0.834. The van der Waals surface area contributed by atoms with Crippen LogP contribution in [0.2, 0.25) is 5.02 Å². The largest absolute Gasteiger partial charge is 0.502 e. The maximum atomic E-state index is 12.5. The van der Waals surface area contributed by atoms with E-state index < -0.39 is 34.2 Å². The monoisotopic (exact) mass is 432 g/mol. The lowest BCUT2D eigenvalue weighted by Crippen LogP contribution is -2.46. The van der Waals surface area contributed by atoms with E-state index in [-0.39, 0.29) is 5.92 Å². The highest BCUT2D eigenvalue weighted by Gasteiger charge is 2.22. The number of nitro benzene ring substituents is 1. The van der Waals surface area contributed by atoms with E-state index >= 15 is 0 Å². The Balaban J connectivity index is 2.07. The maximum Gasteiger partial charge on any atom is 0.311 e. The highest BCUT2D eigenvalue weighted by Crippen LogP contribution is 2.25. The van der Waals surface area contributed by atoms with E-state index in [1.165, 1.54) is 12.3 Å². The summed E-state index contributed by atoms with van der Waals surface area (Å²) >= 11 is 5.82. The van der Waals surface area contributed by atoms with Crippen LogP contribution in [0.3, 0.4) is 0 Å². The lowest BCUT2D eigenvalue weighted by molar-refractivity contribution is -0.385. The van der Waals surface area contributed by atoms with Crippen LogP contribution in [0.15, 0.2) is 47.6 Å². The number of amides is 2. The Labute approximate surface area is 177 Å². The molecule has 2 aromatic rings. The van der Waals surface area contributed by atoms with Crippen molar-refractivity contribution in [3.8, 4) is 5.75 Å². The fourth-order valence-corrected chi connectivity index (χ4v) is 2.69. The molecule has 10 heteroatoms. The third kappa shape index (κ3) is 6.56. The number of benzene rings is 2. The van der Waals surface area contributed by atoms with Crippen molar-refractivity contribution in [3.63, 3.8) is 0 Å². The second-order valence-electron chi connectivity index (χ2n) is 6.90. The quantitative estimate of drug-likeness (QED) is 0.334. The molecule has 0 saturated carbocycles. The third-order valence-corrected chi connectivity index (χ3v) is 4.27. The molecule has 2 amide bonds. The van der Waals surface area contributed by atoms with Gasteiger partial charge in [0.15, 0.2) is 5.75 Å². The summed E-state index contributed by atoms with van der Waals surface area (Å²) in [6, 6.07) is 9.12. The number of halogens is 1. The van der Waals surface area contributed by atoms with Gasteiger partial charge in [-0.1, -0.05) is 25.4 Å². The van der Waals surface area contributed by atoms with Crippen LogP contribution < -0.4 is 10.7 Å². The lowest BCUT2D eigenvalue weighted by Gasteiger charge is -2.19. The van der Waals surface area contributed by atoms with E-state index in [9.17, 15) is 24.8 Å². The molecule has 0 aliphatic carbocycles. The molecule has 0 aromatic heterocycles. The summed E-state index contributed by atoms with van der Waals surface area (Å²) in [5, 5.41) is 27.3. The van der Waals surface area contributed by atoms with Crippen molar-refractivity contribution < 1.29 is 19.6 Å². The Morgan fingerprint density at radius 1 is 1.23 bits per heavy atom. The van der Waals surface area contributed by atoms with Gasteiger partial charge in [-0.05, 0) is 48.7 Å². The molecule has 0 bridgehead atoms. The van der Waals surface area contributed by atoms with Crippen LogP contribution in [0, 0.1) is 16.0 Å². The molecule has 0 aliphatic heterocycles. The first kappa shape index (κ1) is 22.8. The molecule has 30 heavy (non-hydrogen) atoms. The summed E-state index contributed by atoms with van der Waals surface area (Å²) < 4.78 is 0. The van der Waals surface area contributed by atoms with E-state index in [2.05, 4.69) is 15.8 Å². The maximum absolute atomic E-state index is 12.5. The van der Waals surface area contributed by atoms with Gasteiger partial charge in [-0.25, -0.2) is 5.43 Å². The first-order valence-electron chi connectivity index (χ1n) is 9.04. The summed E-state index contributed by atoms with van der Waals surface area (Å²) in [5.41, 5.74) is 2.53. The topological polar surface area (TPSA) is 134 Å². The first-order valence-corrected chi connectivity index (χ1v) is 9.42. The van der Waals surface area contributed by atoms with Gasteiger partial charge in [0.1, 0.15) is 6.04 Å². The third-order valence-electron chi connectivity index (χ3n) is 4.02. The molecule has 0 spiro atoms. The molecule has 2 rings (SSSR count). The smallest absolute Gasteiger partial charge is 0.311 e. The molecule has 0 saturated heterocycles. The Hall–Kier alpha value is -3.46. The van der Waals surface area contributed by atoms with Crippen molar-refractivity contribution in [2.45, 2.75) is 26.3 Å². The Kier molecular flexibility index (Phi) is 7.88. The molecule has 3 N–H and O–H groups in total. The number of aromatic hydroxyl groups is 1. The molecule has 0 radical (unpaired) electrons. The number of hydrogen-bond donors (Lipinski definition) is 3. The van der Waals surface area contributed by atoms with Gasteiger partial charge in [0, 0.05) is 22.2 Å². The average molecular weight is 433 g/mol. The second-order valence-corrected chi connectivity index (χ2v) is 7.34. The summed E-state index contributed by atoms with van der Waals surface area (Å²) in [6.07, 6.45) is 1.59. The number of nitro groups is 1. The van der Waals surface area contributed by atoms with Crippen molar-refractivity contribution in [2.24, 2.45) is 11.0 Å². The molecule has 158 valence electrons. The van der Waals surface area contributed by atoms with Crippen LogP contribution in [0.1, 0.15) is 36.2 Å². The van der Waals surface area contributed by atoms with Gasteiger partial charge in [-0.3, -0.25) is 19.7 Å². The fraction of sp³-hybridized carbons (Fsp3) is 0.250. The molecule has 9 nitrogen and oxygen atoms in total. The van der Waals surface area contributed by atoms with Gasteiger partial charge in [0.05, 0.1) is 11.1 Å². The van der Waals surface area contributed by atoms with Crippen molar-refractivity contribution >= 4 is 35.3 Å². The predicted molar refractivity (Wildman–Crippen MR) is 113 cm³/mol. The van der Waals surface area contributed by atoms with Gasteiger partial charge in [-0.15, -0.1) is 0 Å². The number of carbonyl (C=O) groups is 2. The number of carbonyl (C=O) groups excluding carboxylic acids is 2. The summed E-state index contributed by atoms with van der Waals surface area (Å²) in [5.74, 6) is -1.31. The van der Waals surface area contributed by atoms with E-state index in [4.69, 9.17) is 11.6 Å². The van der Waals surface area contributed by atoms with Crippen LogP contribution in [0.25, 0.3) is 0 Å². The van der Waals surface area contributed by atoms with Crippen LogP contribution in [0.5, 0.6) is 5.75 Å². The molecule has 0 heterocycles. The summed E-state index contributed by atoms with van der Waals surface area (Å²) in [6.45, 7) is 3.82. The zero-order chi connectivity index (χ0) is 22.3. The Morgan fingerprint density at radius 3 is 2.50 bits per heavy atom. The standard InChI is InChI=1S/C20H21ClN4O5/c1-12(2)9-16(23-19(27)14-4-6-15(21)7-5-14)20(28)24-22-11-13-3-8-18(26)17(10-13)25(29)30/h3-8,10-12,16,26H,9H2,1-2H3,(H,23,27)(H,24,28). The molecule has 1 atom stereocenters. The Morgan fingerprint density at radius 2 is 1.90 bits per heavy atom. The molecule has 0 aliphatic rings. The van der Waals surface area contributed by atoms with Crippen molar-refractivity contribution in [1.29, 1.82) is 0 Å². The van der Waals surface area contributed by atoms with Crippen molar-refractivity contribution in [1.82, 2.24) is 10.7 Å². The number of rotatable bonds is 8. The Bertz CT molecular complexity index is 960. The van der Waals surface area contributed by atoms with E-state index in [0.717, 1.165) is 12.1 Å². The van der Waals surface area contributed by atoms with Crippen LogP contribution in [-0.2, 0) is 4.79 Å². The van der Waals surface area contributed by atoms with E-state index in [1.54, 1.807) is 24.3 Å². The zero-order valence-electron chi connectivity index (χ0n) is 16.3. The molecule has 2 aromatic carbocycles. The first-order chi connectivity index (χ1) is 14.2. The number of phenolic OH excluding ortho intramolecular Hbond substituents is 1. The number of hydrazone groups is 1. The minimum absolute atomic E-state index is 0.120. The van der Waals surface area contributed by atoms with Crippen LogP contribution in [0.4, 0.5) is 5.69 Å². The minimum Gasteiger partial charge on any atom is -0.502 e. The van der Waals surface area contributed by atoms with Gasteiger partial charge in [0.25, 0.3) is 11.8 Å². The summed E-state index contributed by atoms with van der Waals surface area (Å²) in [7, 11) is 0. The molecular formula is C20H21ClN4O5. The van der Waals surface area contributed by atoms with Crippen molar-refractivity contribution in [3.05, 3.63) is 68.7 Å². The molecule has 1 unspecified atom stereocenters. The van der Waals surface area contributed by atoms with Crippen LogP contribution in [-0.4, -0.2) is 34.1 Å². The SMILES string of the molecule is CC(C)CC(NC(=O)c1ccc(Cl)cc1)C(=O)NN=Cc1ccc(O)c([N+](=O)[O-])c1. The molecular weight excluding hydrogens is 412 g/mol. The normalized spacial score (nSPS) is 12.0.